The summed E-state index contributed by atoms with van der Waals surface area (Å²) in [4.78, 5) is 2.35. The first kappa shape index (κ1) is 13.7. The maximum Gasteiger partial charge on any atom is 0.161 e. The molecule has 0 bridgehead atoms. The average molecular weight is 277 g/mol. The molecule has 1 aromatic carbocycles. The van der Waals surface area contributed by atoms with Gasteiger partial charge in [0.15, 0.2) is 11.5 Å². The number of nitrogens with zero attached hydrogens (tertiary/aromatic N) is 2. The minimum atomic E-state index is 0.738. The molecule has 20 heavy (non-hydrogen) atoms. The van der Waals surface area contributed by atoms with Crippen molar-refractivity contribution >= 4 is 0 Å². The highest BCUT2D eigenvalue weighted by molar-refractivity contribution is 5.43. The second-order valence-electron chi connectivity index (χ2n) is 5.46. The first-order chi connectivity index (χ1) is 9.81. The molecule has 2 aliphatic rings. The van der Waals surface area contributed by atoms with E-state index in [2.05, 4.69) is 34.5 Å². The van der Waals surface area contributed by atoms with Gasteiger partial charge < -0.3 is 14.4 Å². The number of piperazine rings is 1. The first-order valence-electron chi connectivity index (χ1n) is 7.37. The van der Waals surface area contributed by atoms with Crippen LogP contribution in [-0.2, 0) is 6.54 Å². The van der Waals surface area contributed by atoms with Crippen LogP contribution in [-0.4, -0.2) is 56.3 Å². The molecule has 0 unspecified atom stereocenters. The Hall–Kier alpha value is -1.30. The van der Waals surface area contributed by atoms with Gasteiger partial charge in [-0.05, 0) is 24.7 Å². The Bertz CT molecular complexity index is 445. The first-order valence-corrected chi connectivity index (χ1v) is 7.37. The molecule has 1 fully saturated rings. The summed E-state index contributed by atoms with van der Waals surface area (Å²) < 4.78 is 11.4. The lowest BCUT2D eigenvalue weighted by molar-refractivity contribution is 0.102. The monoisotopic (exact) mass is 277 g/mol. The number of nitrogens with one attached hydrogen (secondary N) is 1. The second-order valence-corrected chi connectivity index (χ2v) is 5.46. The van der Waals surface area contributed by atoms with Gasteiger partial charge >= 0.3 is 0 Å². The highest BCUT2D eigenvalue weighted by Gasteiger charge is 2.14. The SMILES string of the molecule is CN1CCN(NCc2ccc3c(c2)OCCCO3)CC1. The summed E-state index contributed by atoms with van der Waals surface area (Å²) in [6, 6.07) is 6.21. The van der Waals surface area contributed by atoms with Crippen molar-refractivity contribution in [2.75, 3.05) is 46.4 Å². The number of hydrazine groups is 1. The standard InChI is InChI=1S/C15H23N3O2/c1-17-5-7-18(8-6-17)16-12-13-3-4-14-15(11-13)20-10-2-9-19-14/h3-4,11,16H,2,5-10,12H2,1H3. The van der Waals surface area contributed by atoms with Crippen molar-refractivity contribution in [1.82, 2.24) is 15.3 Å². The van der Waals surface area contributed by atoms with E-state index in [-0.39, 0.29) is 0 Å². The summed E-state index contributed by atoms with van der Waals surface area (Å²) in [7, 11) is 2.17. The third kappa shape index (κ3) is 3.42. The molecule has 1 aromatic rings. The maximum absolute atomic E-state index is 5.72. The van der Waals surface area contributed by atoms with Crippen molar-refractivity contribution in [1.29, 1.82) is 0 Å². The van der Waals surface area contributed by atoms with E-state index < -0.39 is 0 Å². The lowest BCUT2D eigenvalue weighted by Gasteiger charge is -2.32. The highest BCUT2D eigenvalue weighted by atomic mass is 16.5. The van der Waals surface area contributed by atoms with Gasteiger partial charge in [0.05, 0.1) is 13.2 Å². The van der Waals surface area contributed by atoms with Gasteiger partial charge in [-0.15, -0.1) is 0 Å². The summed E-state index contributed by atoms with van der Waals surface area (Å²) in [5.41, 5.74) is 4.72. The summed E-state index contributed by atoms with van der Waals surface area (Å²) in [6.07, 6.45) is 0.948. The van der Waals surface area contributed by atoms with Crippen molar-refractivity contribution in [2.45, 2.75) is 13.0 Å². The number of benzene rings is 1. The summed E-state index contributed by atoms with van der Waals surface area (Å²) >= 11 is 0. The molecule has 0 atom stereocenters. The van der Waals surface area contributed by atoms with Crippen molar-refractivity contribution in [3.05, 3.63) is 23.8 Å². The number of likely N-dealkylation sites (N-methyl/N-ethyl adjacent to an activating group) is 1. The van der Waals surface area contributed by atoms with E-state index in [9.17, 15) is 0 Å². The second kappa shape index (κ2) is 6.43. The predicted octanol–water partition coefficient (Wildman–Crippen LogP) is 1.10. The molecule has 3 rings (SSSR count). The summed E-state index contributed by atoms with van der Waals surface area (Å²) in [5.74, 6) is 1.74. The Morgan fingerprint density at radius 3 is 2.60 bits per heavy atom. The van der Waals surface area contributed by atoms with Gasteiger partial charge in [0.1, 0.15) is 0 Å². The van der Waals surface area contributed by atoms with Gasteiger partial charge in [0.25, 0.3) is 0 Å². The molecule has 0 aliphatic carbocycles. The number of hydrogen-bond donors (Lipinski definition) is 1. The summed E-state index contributed by atoms with van der Waals surface area (Å²) in [6.45, 7) is 6.69. The molecule has 0 spiro atoms. The van der Waals surface area contributed by atoms with E-state index in [1.807, 2.05) is 6.07 Å². The van der Waals surface area contributed by atoms with Crippen LogP contribution >= 0.6 is 0 Å². The quantitative estimate of drug-likeness (QED) is 0.895. The molecule has 1 N–H and O–H groups in total. The summed E-state index contributed by atoms with van der Waals surface area (Å²) in [5, 5.41) is 2.29. The van der Waals surface area contributed by atoms with Crippen LogP contribution in [0.3, 0.4) is 0 Å². The van der Waals surface area contributed by atoms with E-state index in [1.165, 1.54) is 5.56 Å². The van der Waals surface area contributed by atoms with Gasteiger partial charge in [-0.3, -0.25) is 5.43 Å². The normalized spacial score (nSPS) is 20.6. The van der Waals surface area contributed by atoms with Crippen molar-refractivity contribution < 1.29 is 9.47 Å². The lowest BCUT2D eigenvalue weighted by atomic mass is 10.2. The topological polar surface area (TPSA) is 37.0 Å². The molecule has 0 amide bonds. The highest BCUT2D eigenvalue weighted by Crippen LogP contribution is 2.30. The van der Waals surface area contributed by atoms with Gasteiger partial charge in [0.2, 0.25) is 0 Å². The molecule has 2 heterocycles. The molecular weight excluding hydrogens is 254 g/mol. The minimum Gasteiger partial charge on any atom is -0.490 e. The third-order valence-electron chi connectivity index (χ3n) is 3.82. The van der Waals surface area contributed by atoms with Gasteiger partial charge in [-0.25, -0.2) is 5.01 Å². The third-order valence-corrected chi connectivity index (χ3v) is 3.82. The fourth-order valence-corrected chi connectivity index (χ4v) is 2.49. The number of rotatable bonds is 3. The number of fused-ring (bicyclic) bond motifs is 1. The van der Waals surface area contributed by atoms with Gasteiger partial charge in [-0.1, -0.05) is 6.07 Å². The molecule has 0 saturated carbocycles. The van der Waals surface area contributed by atoms with E-state index in [1.54, 1.807) is 0 Å². The lowest BCUT2D eigenvalue weighted by Crippen LogP contribution is -2.50. The molecule has 0 aromatic heterocycles. The van der Waals surface area contributed by atoms with Crippen LogP contribution < -0.4 is 14.9 Å². The molecule has 110 valence electrons. The van der Waals surface area contributed by atoms with Crippen LogP contribution in [0.15, 0.2) is 18.2 Å². The Labute approximate surface area is 120 Å². The van der Waals surface area contributed by atoms with Gasteiger partial charge in [0, 0.05) is 39.1 Å². The fraction of sp³-hybridized carbons (Fsp3) is 0.600. The molecule has 5 nitrogen and oxygen atoms in total. The Morgan fingerprint density at radius 1 is 1.05 bits per heavy atom. The number of hydrogen-bond acceptors (Lipinski definition) is 5. The van der Waals surface area contributed by atoms with Crippen LogP contribution in [0.4, 0.5) is 0 Å². The zero-order valence-electron chi connectivity index (χ0n) is 12.1. The van der Waals surface area contributed by atoms with E-state index >= 15 is 0 Å². The average Bonchev–Trinajstić information content (AvgIpc) is 2.71. The molecule has 0 radical (unpaired) electrons. The molecule has 2 aliphatic heterocycles. The van der Waals surface area contributed by atoms with Crippen LogP contribution in [0.5, 0.6) is 11.5 Å². The van der Waals surface area contributed by atoms with E-state index in [4.69, 9.17) is 9.47 Å². The zero-order chi connectivity index (χ0) is 13.8. The Balaban J connectivity index is 1.56. The van der Waals surface area contributed by atoms with Crippen LogP contribution in [0.25, 0.3) is 0 Å². The maximum atomic E-state index is 5.72. The molecular formula is C15H23N3O2. The Morgan fingerprint density at radius 2 is 1.80 bits per heavy atom. The van der Waals surface area contributed by atoms with E-state index in [0.29, 0.717) is 0 Å². The van der Waals surface area contributed by atoms with Crippen LogP contribution in [0.2, 0.25) is 0 Å². The predicted molar refractivity (Wildman–Crippen MR) is 78.0 cm³/mol. The zero-order valence-corrected chi connectivity index (χ0v) is 12.1. The minimum absolute atomic E-state index is 0.738. The van der Waals surface area contributed by atoms with E-state index in [0.717, 1.165) is 63.9 Å². The number of ether oxygens (including phenoxy) is 2. The van der Waals surface area contributed by atoms with Crippen molar-refractivity contribution in [3.63, 3.8) is 0 Å². The smallest absolute Gasteiger partial charge is 0.161 e. The van der Waals surface area contributed by atoms with Crippen molar-refractivity contribution in [2.24, 2.45) is 0 Å². The van der Waals surface area contributed by atoms with Crippen LogP contribution in [0.1, 0.15) is 12.0 Å². The molecule has 1 saturated heterocycles. The fourth-order valence-electron chi connectivity index (χ4n) is 2.49. The van der Waals surface area contributed by atoms with Crippen molar-refractivity contribution in [3.8, 4) is 11.5 Å². The molecule has 5 heteroatoms. The largest absolute Gasteiger partial charge is 0.490 e. The van der Waals surface area contributed by atoms with Crippen LogP contribution in [0, 0.1) is 0 Å². The Kier molecular flexibility index (Phi) is 4.40. The van der Waals surface area contributed by atoms with Gasteiger partial charge in [-0.2, -0.15) is 0 Å².